The fourth-order valence-corrected chi connectivity index (χ4v) is 4.88. The second kappa shape index (κ2) is 9.29. The fourth-order valence-electron chi connectivity index (χ4n) is 4.88. The van der Waals surface area contributed by atoms with E-state index < -0.39 is 5.60 Å². The van der Waals surface area contributed by atoms with Crippen LogP contribution in [0.2, 0.25) is 0 Å². The number of likely N-dealkylation sites (tertiary alicyclic amines) is 1. The number of nitrogens with one attached hydrogen (secondary N) is 1. The van der Waals surface area contributed by atoms with Crippen molar-refractivity contribution in [2.45, 2.75) is 18.4 Å². The maximum Gasteiger partial charge on any atom is 0.259 e. The summed E-state index contributed by atoms with van der Waals surface area (Å²) in [5.41, 5.74) is 1.45. The molecule has 2 aliphatic rings. The lowest BCUT2D eigenvalue weighted by Gasteiger charge is -2.48. The Kier molecular flexibility index (Phi) is 6.03. The summed E-state index contributed by atoms with van der Waals surface area (Å²) in [6.45, 7) is 0.903. The number of benzene rings is 2. The molecule has 2 aromatic carbocycles. The zero-order chi connectivity index (χ0) is 24.4. The lowest BCUT2D eigenvalue weighted by atomic mass is 9.73. The van der Waals surface area contributed by atoms with Crippen molar-refractivity contribution in [3.05, 3.63) is 83.8 Å². The number of hydrogen-bond acceptors (Lipinski definition) is 6. The number of rotatable bonds is 4. The van der Waals surface area contributed by atoms with Crippen molar-refractivity contribution in [2.75, 3.05) is 20.1 Å². The quantitative estimate of drug-likeness (QED) is 0.555. The number of aromatic nitrogens is 1. The Labute approximate surface area is 202 Å². The van der Waals surface area contributed by atoms with Crippen LogP contribution in [0.15, 0.2) is 71.9 Å². The number of fused-ring (bicyclic) bond motifs is 1. The van der Waals surface area contributed by atoms with Gasteiger partial charge in [0.05, 0.1) is 11.6 Å². The van der Waals surface area contributed by atoms with Crippen molar-refractivity contribution in [3.63, 3.8) is 0 Å². The normalized spacial score (nSPS) is 19.7. The molecular weight excluding hydrogens is 447 g/mol. The number of nitrogens with zero attached hydrogens (tertiary/aromatic N) is 3. The third-order valence-corrected chi connectivity index (χ3v) is 6.67. The Balaban J connectivity index is 1.36. The minimum Gasteiger partial charge on any atom is -0.485 e. The van der Waals surface area contributed by atoms with E-state index in [0.29, 0.717) is 37.2 Å². The van der Waals surface area contributed by atoms with Crippen LogP contribution in [0.25, 0.3) is 0 Å². The van der Waals surface area contributed by atoms with Gasteiger partial charge in [-0.25, -0.2) is 9.37 Å². The molecular formula is C27H25FN4O3. The molecule has 0 bridgehead atoms. The smallest absolute Gasteiger partial charge is 0.259 e. The van der Waals surface area contributed by atoms with E-state index in [-0.39, 0.29) is 23.5 Å². The topological polar surface area (TPSA) is 87.9 Å². The summed E-state index contributed by atoms with van der Waals surface area (Å²) < 4.78 is 25.5. The number of ether oxygens (including phenoxy) is 2. The van der Waals surface area contributed by atoms with Gasteiger partial charge >= 0.3 is 0 Å². The van der Waals surface area contributed by atoms with Crippen LogP contribution in [0, 0.1) is 17.1 Å². The molecule has 0 aliphatic carbocycles. The first-order valence-electron chi connectivity index (χ1n) is 11.5. The Morgan fingerprint density at radius 3 is 2.63 bits per heavy atom. The summed E-state index contributed by atoms with van der Waals surface area (Å²) in [4.78, 5) is 23.9. The standard InChI is InChI=1S/C27H25FN4O3/c1-30-24-20-5-2-3-7-23(20)35-27(22(24)17-29)12-15-32(16-13-27)26(33)21-6-4-14-31-25(21)34-19-10-8-18(28)9-11-19/h2-11,14,17,22,29H,12-13,15-16H2,1H3. The first kappa shape index (κ1) is 22.7. The predicted octanol–water partition coefficient (Wildman–Crippen LogP) is 4.77. The molecule has 7 nitrogen and oxygen atoms in total. The third kappa shape index (κ3) is 4.16. The van der Waals surface area contributed by atoms with Crippen LogP contribution < -0.4 is 9.47 Å². The molecule has 178 valence electrons. The van der Waals surface area contributed by atoms with Crippen LogP contribution in [0.5, 0.6) is 17.4 Å². The van der Waals surface area contributed by atoms with Crippen LogP contribution in [0.4, 0.5) is 4.39 Å². The maximum absolute atomic E-state index is 13.4. The molecule has 35 heavy (non-hydrogen) atoms. The Bertz CT molecular complexity index is 1280. The summed E-state index contributed by atoms with van der Waals surface area (Å²) in [6.07, 6.45) is 4.07. The number of pyridine rings is 1. The highest BCUT2D eigenvalue weighted by Crippen LogP contribution is 2.43. The average molecular weight is 473 g/mol. The molecule has 3 heterocycles. The lowest BCUT2D eigenvalue weighted by Crippen LogP contribution is -2.58. The molecule has 8 heteroatoms. The van der Waals surface area contributed by atoms with Crippen LogP contribution in [0.3, 0.4) is 0 Å². The fraction of sp³-hybridized carbons (Fsp3) is 0.259. The SMILES string of the molecule is CN=C1c2ccccc2OC2(CCN(C(=O)c3cccnc3Oc3ccc(F)cc3)CC2)C1C=N. The molecule has 1 amide bonds. The number of aliphatic imine (C=N–C) groups is 1. The van der Waals surface area contributed by atoms with Gasteiger partial charge in [-0.3, -0.25) is 9.79 Å². The molecule has 1 unspecified atom stereocenters. The number of carbonyl (C=O) groups is 1. The molecule has 0 saturated carbocycles. The molecule has 2 aliphatic heterocycles. The van der Waals surface area contributed by atoms with E-state index in [4.69, 9.17) is 14.9 Å². The summed E-state index contributed by atoms with van der Waals surface area (Å²) >= 11 is 0. The molecule has 1 aromatic heterocycles. The van der Waals surface area contributed by atoms with Gasteiger partial charge in [-0.05, 0) is 48.5 Å². The van der Waals surface area contributed by atoms with E-state index in [1.807, 2.05) is 24.3 Å². The largest absolute Gasteiger partial charge is 0.485 e. The summed E-state index contributed by atoms with van der Waals surface area (Å²) in [6, 6.07) is 16.7. The van der Waals surface area contributed by atoms with Crippen molar-refractivity contribution < 1.29 is 18.7 Å². The number of hydrogen-bond donors (Lipinski definition) is 1. The molecule has 0 radical (unpaired) electrons. The third-order valence-electron chi connectivity index (χ3n) is 6.67. The van der Waals surface area contributed by atoms with Crippen molar-refractivity contribution >= 4 is 17.8 Å². The van der Waals surface area contributed by atoms with E-state index >= 15 is 0 Å². The average Bonchev–Trinajstić information content (AvgIpc) is 2.89. The highest BCUT2D eigenvalue weighted by molar-refractivity contribution is 6.12. The molecule has 1 fully saturated rings. The highest BCUT2D eigenvalue weighted by Gasteiger charge is 2.49. The van der Waals surface area contributed by atoms with Crippen molar-refractivity contribution in [1.82, 2.24) is 9.88 Å². The van der Waals surface area contributed by atoms with Crippen LogP contribution in [-0.4, -0.2) is 53.5 Å². The number of para-hydroxylation sites is 1. The molecule has 1 N–H and O–H groups in total. The van der Waals surface area contributed by atoms with E-state index in [9.17, 15) is 9.18 Å². The summed E-state index contributed by atoms with van der Waals surface area (Å²) in [5, 5.41) is 8.14. The Morgan fingerprint density at radius 2 is 1.91 bits per heavy atom. The molecule has 3 aromatic rings. The van der Waals surface area contributed by atoms with Gasteiger partial charge < -0.3 is 19.8 Å². The Hall–Kier alpha value is -4.07. The Morgan fingerprint density at radius 1 is 1.17 bits per heavy atom. The maximum atomic E-state index is 13.4. The molecule has 1 atom stereocenters. The summed E-state index contributed by atoms with van der Waals surface area (Å²) in [5.74, 6) is 0.459. The first-order valence-corrected chi connectivity index (χ1v) is 11.5. The van der Waals surface area contributed by atoms with E-state index in [1.165, 1.54) is 30.5 Å². The molecule has 1 saturated heterocycles. The number of halogens is 1. The second-order valence-electron chi connectivity index (χ2n) is 8.62. The van der Waals surface area contributed by atoms with Crippen LogP contribution >= 0.6 is 0 Å². The molecule has 1 spiro atoms. The van der Waals surface area contributed by atoms with Crippen LogP contribution in [0.1, 0.15) is 28.8 Å². The van der Waals surface area contributed by atoms with Gasteiger partial charge in [0.25, 0.3) is 5.91 Å². The van der Waals surface area contributed by atoms with Crippen LogP contribution in [-0.2, 0) is 0 Å². The minimum absolute atomic E-state index is 0.171. The van der Waals surface area contributed by atoms with Gasteiger partial charge in [-0.2, -0.15) is 0 Å². The van der Waals surface area contributed by atoms with E-state index in [0.717, 1.165) is 17.0 Å². The minimum atomic E-state index is -0.635. The number of carbonyl (C=O) groups excluding carboxylic acids is 1. The van der Waals surface area contributed by atoms with E-state index in [2.05, 4.69) is 9.98 Å². The monoisotopic (exact) mass is 472 g/mol. The number of piperidine rings is 1. The van der Waals surface area contributed by atoms with Gasteiger partial charge in [-0.1, -0.05) is 12.1 Å². The zero-order valence-corrected chi connectivity index (χ0v) is 19.3. The van der Waals surface area contributed by atoms with Crippen molar-refractivity contribution in [1.29, 1.82) is 5.41 Å². The van der Waals surface area contributed by atoms with E-state index in [1.54, 1.807) is 30.3 Å². The first-order chi connectivity index (χ1) is 17.0. The van der Waals surface area contributed by atoms with Gasteiger partial charge in [0, 0.05) is 51.0 Å². The van der Waals surface area contributed by atoms with Gasteiger partial charge in [0.15, 0.2) is 0 Å². The zero-order valence-electron chi connectivity index (χ0n) is 19.3. The highest BCUT2D eigenvalue weighted by atomic mass is 19.1. The van der Waals surface area contributed by atoms with Gasteiger partial charge in [0.2, 0.25) is 5.88 Å². The van der Waals surface area contributed by atoms with Gasteiger partial charge in [-0.15, -0.1) is 0 Å². The molecule has 5 rings (SSSR count). The second-order valence-corrected chi connectivity index (χ2v) is 8.62. The van der Waals surface area contributed by atoms with Crippen molar-refractivity contribution in [2.24, 2.45) is 10.9 Å². The lowest BCUT2D eigenvalue weighted by molar-refractivity contribution is -0.00867. The number of amides is 1. The summed E-state index contributed by atoms with van der Waals surface area (Å²) in [7, 11) is 1.74. The van der Waals surface area contributed by atoms with Gasteiger partial charge in [0.1, 0.15) is 28.5 Å². The predicted molar refractivity (Wildman–Crippen MR) is 130 cm³/mol. The van der Waals surface area contributed by atoms with Crippen molar-refractivity contribution in [3.8, 4) is 17.4 Å².